The Morgan fingerprint density at radius 3 is 2.47 bits per heavy atom. The molecule has 2 aliphatic rings. The highest BCUT2D eigenvalue weighted by atomic mass is 79.9. The van der Waals surface area contributed by atoms with Gasteiger partial charge in [0, 0.05) is 59.6 Å². The van der Waals surface area contributed by atoms with Gasteiger partial charge in [-0.05, 0) is 65.7 Å². The zero-order chi connectivity index (χ0) is 25.4. The zero-order valence-corrected chi connectivity index (χ0v) is 21.8. The molecule has 1 saturated heterocycles. The molecule has 3 aromatic carbocycles. The van der Waals surface area contributed by atoms with Crippen LogP contribution in [-0.2, 0) is 13.0 Å². The lowest BCUT2D eigenvalue weighted by Gasteiger charge is -2.31. The number of hydrogen-bond acceptors (Lipinski definition) is 5. The van der Waals surface area contributed by atoms with Gasteiger partial charge < -0.3 is 19.5 Å². The number of nitriles is 1. The summed E-state index contributed by atoms with van der Waals surface area (Å²) >= 11 is 3.65. The third-order valence-corrected chi connectivity index (χ3v) is 7.82. The third kappa shape index (κ3) is 4.85. The molecule has 0 spiro atoms. The van der Waals surface area contributed by atoms with Crippen LogP contribution in [0, 0.1) is 11.3 Å². The Hall–Kier alpha value is -3.86. The number of rotatable bonds is 4. The number of nitrogens with one attached hydrogen (secondary N) is 1. The first kappa shape index (κ1) is 25.8. The molecule has 7 heteroatoms. The van der Waals surface area contributed by atoms with Crippen molar-refractivity contribution in [1.29, 1.82) is 5.26 Å². The first-order valence-corrected chi connectivity index (χ1v) is 13.2. The quantitative estimate of drug-likeness (QED) is 0.309. The minimum Gasteiger partial charge on any atom is -0.451 e. The second-order valence-corrected chi connectivity index (χ2v) is 10.2. The zero-order valence-electron chi connectivity index (χ0n) is 20.2. The van der Waals surface area contributed by atoms with Crippen molar-refractivity contribution in [2.24, 2.45) is 0 Å². The van der Waals surface area contributed by atoms with Gasteiger partial charge in [0.15, 0.2) is 5.76 Å². The fourth-order valence-corrected chi connectivity index (χ4v) is 5.49. The highest BCUT2D eigenvalue weighted by Crippen LogP contribution is 2.38. The van der Waals surface area contributed by atoms with E-state index in [2.05, 4.69) is 50.4 Å². The number of nitrogens with zero attached hydrogens (tertiary/aromatic N) is 3. The first-order valence-electron chi connectivity index (χ1n) is 12.4. The second kappa shape index (κ2) is 10.9. The second-order valence-electron chi connectivity index (χ2n) is 9.36. The number of piperazine rings is 1. The fourth-order valence-electron chi connectivity index (χ4n) is 5.08. The lowest BCUT2D eigenvalue weighted by Crippen LogP contribution is -2.43. The molecule has 1 N–H and O–H groups in total. The van der Waals surface area contributed by atoms with Gasteiger partial charge in [-0.3, -0.25) is 4.79 Å². The molecule has 6 nitrogen and oxygen atoms in total. The van der Waals surface area contributed by atoms with E-state index in [0.717, 1.165) is 58.6 Å². The number of benzene rings is 3. The standard InChI is InChI=1S/C30H25BrN4O2.CH4/c31-26-4-2-1-3-22(26)19-35-27-10-9-25(34-13-11-33-12-14-34)16-23(27)15-24-17-28(37-29(24)30(35)36)21-7-5-20(18-32)6-8-21;/h1-10,16-17,33H,11-15,19H2;1H4. The number of halogens is 1. The smallest absolute Gasteiger partial charge is 0.294 e. The van der Waals surface area contributed by atoms with Crippen LogP contribution in [0.2, 0.25) is 0 Å². The van der Waals surface area contributed by atoms with E-state index in [1.54, 1.807) is 12.1 Å². The molecule has 0 radical (unpaired) electrons. The number of carbonyl (C=O) groups excluding carboxylic acids is 1. The van der Waals surface area contributed by atoms with Gasteiger partial charge in [-0.25, -0.2) is 0 Å². The van der Waals surface area contributed by atoms with Crippen molar-refractivity contribution in [2.45, 2.75) is 20.4 Å². The maximum atomic E-state index is 14.0. The fraction of sp³-hybridized carbons (Fsp3) is 0.226. The Morgan fingerprint density at radius 1 is 0.974 bits per heavy atom. The minimum absolute atomic E-state index is 0. The molecule has 38 heavy (non-hydrogen) atoms. The van der Waals surface area contributed by atoms with Gasteiger partial charge in [-0.15, -0.1) is 0 Å². The van der Waals surface area contributed by atoms with Gasteiger partial charge >= 0.3 is 0 Å². The van der Waals surface area contributed by atoms with Crippen molar-refractivity contribution < 1.29 is 9.21 Å². The van der Waals surface area contributed by atoms with Gasteiger partial charge in [0.1, 0.15) is 5.76 Å². The van der Waals surface area contributed by atoms with Crippen LogP contribution in [0.4, 0.5) is 11.4 Å². The summed E-state index contributed by atoms with van der Waals surface area (Å²) in [5.74, 6) is 0.844. The highest BCUT2D eigenvalue weighted by Gasteiger charge is 2.31. The van der Waals surface area contributed by atoms with Crippen LogP contribution >= 0.6 is 15.9 Å². The molecular formula is C31H29BrN4O2. The minimum atomic E-state index is -0.153. The average Bonchev–Trinajstić information content (AvgIpc) is 3.32. The average molecular weight is 570 g/mol. The summed E-state index contributed by atoms with van der Waals surface area (Å²) in [5, 5.41) is 12.6. The topological polar surface area (TPSA) is 72.5 Å². The molecule has 2 aliphatic heterocycles. The lowest BCUT2D eigenvalue weighted by molar-refractivity contribution is 0.0959. The van der Waals surface area contributed by atoms with Crippen LogP contribution in [-0.4, -0.2) is 32.1 Å². The van der Waals surface area contributed by atoms with E-state index in [0.29, 0.717) is 30.0 Å². The molecule has 1 fully saturated rings. The predicted octanol–water partition coefficient (Wildman–Crippen LogP) is 6.38. The Bertz CT molecular complexity index is 1510. The highest BCUT2D eigenvalue weighted by molar-refractivity contribution is 9.10. The van der Waals surface area contributed by atoms with Crippen LogP contribution in [0.3, 0.4) is 0 Å². The van der Waals surface area contributed by atoms with Crippen LogP contribution < -0.4 is 15.1 Å². The molecule has 3 heterocycles. The van der Waals surface area contributed by atoms with Crippen molar-refractivity contribution >= 4 is 33.2 Å². The molecule has 0 unspecified atom stereocenters. The maximum Gasteiger partial charge on any atom is 0.294 e. The van der Waals surface area contributed by atoms with E-state index in [9.17, 15) is 4.79 Å². The number of fused-ring (bicyclic) bond motifs is 2. The van der Waals surface area contributed by atoms with Crippen LogP contribution in [0.15, 0.2) is 81.7 Å². The molecule has 4 aromatic rings. The number of amides is 1. The molecule has 1 amide bonds. The van der Waals surface area contributed by atoms with Crippen LogP contribution in [0.5, 0.6) is 0 Å². The summed E-state index contributed by atoms with van der Waals surface area (Å²) in [6, 6.07) is 25.8. The van der Waals surface area contributed by atoms with Crippen molar-refractivity contribution in [1.82, 2.24) is 5.32 Å². The Morgan fingerprint density at radius 2 is 1.74 bits per heavy atom. The number of carbonyl (C=O) groups is 1. The molecular weight excluding hydrogens is 540 g/mol. The van der Waals surface area contributed by atoms with Crippen molar-refractivity contribution in [3.05, 3.63) is 105 Å². The van der Waals surface area contributed by atoms with Crippen LogP contribution in [0.25, 0.3) is 11.3 Å². The number of furan rings is 1. The van der Waals surface area contributed by atoms with E-state index in [-0.39, 0.29) is 13.3 Å². The first-order chi connectivity index (χ1) is 18.1. The molecule has 6 rings (SSSR count). The molecule has 0 saturated carbocycles. The maximum absolute atomic E-state index is 14.0. The molecule has 0 aliphatic carbocycles. The number of anilines is 2. The Balaban J connectivity index is 0.00000294. The van der Waals surface area contributed by atoms with Crippen LogP contribution in [0.1, 0.15) is 40.2 Å². The van der Waals surface area contributed by atoms with E-state index in [1.807, 2.05) is 47.4 Å². The van der Waals surface area contributed by atoms with Crippen molar-refractivity contribution in [3.8, 4) is 17.4 Å². The van der Waals surface area contributed by atoms with Gasteiger partial charge in [0.25, 0.3) is 5.91 Å². The number of hydrogen-bond donors (Lipinski definition) is 1. The summed E-state index contributed by atoms with van der Waals surface area (Å²) in [5.41, 5.74) is 6.50. The summed E-state index contributed by atoms with van der Waals surface area (Å²) in [4.78, 5) is 18.2. The van der Waals surface area contributed by atoms with E-state index in [4.69, 9.17) is 9.68 Å². The van der Waals surface area contributed by atoms with Gasteiger partial charge in [0.2, 0.25) is 0 Å². The summed E-state index contributed by atoms with van der Waals surface area (Å²) < 4.78 is 7.19. The third-order valence-electron chi connectivity index (χ3n) is 7.05. The summed E-state index contributed by atoms with van der Waals surface area (Å²) in [6.45, 7) is 4.26. The SMILES string of the molecule is C.N#Cc1ccc(-c2cc3c(o2)C(=O)N(Cc2ccccc2Br)c2ccc(N4CCNCC4)cc2C3)cc1. The van der Waals surface area contributed by atoms with E-state index < -0.39 is 0 Å². The van der Waals surface area contributed by atoms with Crippen molar-refractivity contribution in [3.63, 3.8) is 0 Å². The Kier molecular flexibility index (Phi) is 7.37. The van der Waals surface area contributed by atoms with E-state index in [1.165, 1.54) is 5.69 Å². The largest absolute Gasteiger partial charge is 0.451 e. The lowest BCUT2D eigenvalue weighted by atomic mass is 10.0. The van der Waals surface area contributed by atoms with Crippen molar-refractivity contribution in [2.75, 3.05) is 36.0 Å². The summed E-state index contributed by atoms with van der Waals surface area (Å²) in [6.07, 6.45) is 0.600. The Labute approximate surface area is 231 Å². The monoisotopic (exact) mass is 568 g/mol. The molecule has 192 valence electrons. The molecule has 0 atom stereocenters. The van der Waals surface area contributed by atoms with Gasteiger partial charge in [0.05, 0.1) is 18.2 Å². The van der Waals surface area contributed by atoms with E-state index >= 15 is 0 Å². The normalized spacial score (nSPS) is 14.7. The molecule has 0 bridgehead atoms. The predicted molar refractivity (Wildman–Crippen MR) is 155 cm³/mol. The molecule has 1 aromatic heterocycles. The van der Waals surface area contributed by atoms with Gasteiger partial charge in [-0.1, -0.05) is 41.6 Å². The summed E-state index contributed by atoms with van der Waals surface area (Å²) in [7, 11) is 0. The van der Waals surface area contributed by atoms with Gasteiger partial charge in [-0.2, -0.15) is 5.26 Å².